The number of nitrogens with one attached hydrogen (secondary N) is 1. The number of hydrogen-bond donors (Lipinski definition) is 2. The molecule has 0 saturated carbocycles. The minimum Gasteiger partial charge on any atom is -0.354 e. The normalized spacial score (nSPS) is 12.4. The Morgan fingerprint density at radius 3 is 2.27 bits per heavy atom. The number of carbonyl (C=O) groups is 2. The van der Waals surface area contributed by atoms with Gasteiger partial charge in [0, 0.05) is 13.6 Å². The van der Waals surface area contributed by atoms with Gasteiger partial charge in [-0.15, -0.1) is 0 Å². The smallest absolute Gasteiger partial charge is 0.239 e. The van der Waals surface area contributed by atoms with Crippen LogP contribution in [0.4, 0.5) is 0 Å². The lowest BCUT2D eigenvalue weighted by Crippen LogP contribution is -2.45. The van der Waals surface area contributed by atoms with Gasteiger partial charge in [-0.2, -0.15) is 0 Å². The van der Waals surface area contributed by atoms with Gasteiger partial charge in [0.1, 0.15) is 0 Å². The maximum absolute atomic E-state index is 11.3. The first-order valence-electron chi connectivity index (χ1n) is 5.11. The molecule has 0 rings (SSSR count). The molecule has 0 aromatic carbocycles. The largest absolute Gasteiger partial charge is 0.354 e. The van der Waals surface area contributed by atoms with Gasteiger partial charge in [-0.1, -0.05) is 13.8 Å². The molecule has 3 N–H and O–H groups in total. The predicted octanol–water partition coefficient (Wildman–Crippen LogP) is -0.436. The summed E-state index contributed by atoms with van der Waals surface area (Å²) in [6, 6.07) is -0.562. The summed E-state index contributed by atoms with van der Waals surface area (Å²) < 4.78 is 0. The second-order valence-electron chi connectivity index (χ2n) is 4.18. The maximum Gasteiger partial charge on any atom is 0.239 e. The van der Waals surface area contributed by atoms with Crippen molar-refractivity contribution in [2.24, 2.45) is 11.7 Å². The van der Waals surface area contributed by atoms with Crippen LogP contribution in [-0.2, 0) is 9.59 Å². The molecule has 2 amide bonds. The average molecular weight is 215 g/mol. The minimum atomic E-state index is -0.562. The topological polar surface area (TPSA) is 75.4 Å². The summed E-state index contributed by atoms with van der Waals surface area (Å²) in [7, 11) is 1.57. The molecule has 0 saturated heterocycles. The summed E-state index contributed by atoms with van der Waals surface area (Å²) in [5.41, 5.74) is 5.41. The van der Waals surface area contributed by atoms with Crippen molar-refractivity contribution in [3.63, 3.8) is 0 Å². The summed E-state index contributed by atoms with van der Waals surface area (Å²) >= 11 is 0. The Morgan fingerprint density at radius 1 is 1.33 bits per heavy atom. The van der Waals surface area contributed by atoms with Crippen molar-refractivity contribution in [2.75, 3.05) is 20.1 Å². The summed E-state index contributed by atoms with van der Waals surface area (Å²) in [6.45, 7) is 6.31. The summed E-state index contributed by atoms with van der Waals surface area (Å²) in [4.78, 5) is 24.0. The molecular weight excluding hydrogens is 194 g/mol. The van der Waals surface area contributed by atoms with Crippen molar-refractivity contribution in [1.82, 2.24) is 10.2 Å². The molecule has 5 nitrogen and oxygen atoms in total. The Labute approximate surface area is 91.0 Å². The third-order valence-electron chi connectivity index (χ3n) is 1.85. The highest BCUT2D eigenvalue weighted by Crippen LogP contribution is 1.90. The van der Waals surface area contributed by atoms with Gasteiger partial charge in [-0.3, -0.25) is 9.59 Å². The highest BCUT2D eigenvalue weighted by atomic mass is 16.2. The van der Waals surface area contributed by atoms with Crippen LogP contribution in [0.15, 0.2) is 0 Å². The van der Waals surface area contributed by atoms with E-state index < -0.39 is 6.04 Å². The van der Waals surface area contributed by atoms with E-state index in [2.05, 4.69) is 5.32 Å². The molecule has 5 heteroatoms. The zero-order valence-electron chi connectivity index (χ0n) is 9.91. The Hall–Kier alpha value is -1.10. The number of nitrogens with two attached hydrogens (primary N) is 1. The quantitative estimate of drug-likeness (QED) is 0.653. The third kappa shape index (κ3) is 6.06. The fraction of sp³-hybridized carbons (Fsp3) is 0.800. The van der Waals surface area contributed by atoms with Crippen molar-refractivity contribution < 1.29 is 9.59 Å². The van der Waals surface area contributed by atoms with E-state index >= 15 is 0 Å². The van der Waals surface area contributed by atoms with E-state index in [0.717, 1.165) is 0 Å². The Kier molecular flexibility index (Phi) is 5.93. The van der Waals surface area contributed by atoms with E-state index in [1.54, 1.807) is 14.0 Å². The molecule has 15 heavy (non-hydrogen) atoms. The monoisotopic (exact) mass is 215 g/mol. The fourth-order valence-corrected chi connectivity index (χ4v) is 1.01. The van der Waals surface area contributed by atoms with Crippen LogP contribution in [0.2, 0.25) is 0 Å². The fourth-order valence-electron chi connectivity index (χ4n) is 1.01. The summed E-state index contributed by atoms with van der Waals surface area (Å²) in [5.74, 6) is 0.0262. The minimum absolute atomic E-state index is 0.0626. The van der Waals surface area contributed by atoms with Crippen molar-refractivity contribution in [2.45, 2.75) is 26.8 Å². The Bertz CT molecular complexity index is 227. The van der Waals surface area contributed by atoms with Crippen LogP contribution >= 0.6 is 0 Å². The first-order valence-corrected chi connectivity index (χ1v) is 5.11. The second-order valence-corrected chi connectivity index (χ2v) is 4.18. The van der Waals surface area contributed by atoms with Gasteiger partial charge in [0.2, 0.25) is 11.8 Å². The van der Waals surface area contributed by atoms with Gasteiger partial charge in [-0.05, 0) is 12.8 Å². The van der Waals surface area contributed by atoms with Crippen LogP contribution in [0.5, 0.6) is 0 Å². The zero-order chi connectivity index (χ0) is 12.0. The first kappa shape index (κ1) is 13.9. The summed E-state index contributed by atoms with van der Waals surface area (Å²) in [6.07, 6.45) is 0. The second kappa shape index (κ2) is 6.40. The molecular formula is C10H21N3O2. The number of hydrogen-bond acceptors (Lipinski definition) is 3. The standard InChI is InChI=1S/C10H21N3O2/c1-7(2)5-12-9(14)6-13(4)10(15)8(3)11/h7-8H,5-6,11H2,1-4H3,(H,12,14)/t8-/m0/s1. The van der Waals surface area contributed by atoms with Crippen molar-refractivity contribution >= 4 is 11.8 Å². The lowest BCUT2D eigenvalue weighted by Gasteiger charge is -2.19. The molecule has 0 heterocycles. The van der Waals surface area contributed by atoms with Gasteiger partial charge in [0.15, 0.2) is 0 Å². The lowest BCUT2D eigenvalue weighted by atomic mass is 10.2. The number of carbonyl (C=O) groups excluding carboxylic acids is 2. The van der Waals surface area contributed by atoms with Gasteiger partial charge in [0.05, 0.1) is 12.6 Å². The van der Waals surface area contributed by atoms with Crippen molar-refractivity contribution in [1.29, 1.82) is 0 Å². The Balaban J connectivity index is 3.91. The van der Waals surface area contributed by atoms with Crippen LogP contribution in [0.3, 0.4) is 0 Å². The Morgan fingerprint density at radius 2 is 1.87 bits per heavy atom. The molecule has 0 bridgehead atoms. The molecule has 0 aliphatic carbocycles. The molecule has 0 radical (unpaired) electrons. The van der Waals surface area contributed by atoms with Crippen LogP contribution in [0, 0.1) is 5.92 Å². The van der Waals surface area contributed by atoms with E-state index in [1.807, 2.05) is 13.8 Å². The number of amides is 2. The maximum atomic E-state index is 11.3. The van der Waals surface area contributed by atoms with E-state index in [4.69, 9.17) is 5.73 Å². The van der Waals surface area contributed by atoms with E-state index in [0.29, 0.717) is 12.5 Å². The molecule has 0 spiro atoms. The zero-order valence-corrected chi connectivity index (χ0v) is 9.91. The van der Waals surface area contributed by atoms with Crippen LogP contribution in [-0.4, -0.2) is 42.9 Å². The summed E-state index contributed by atoms with van der Waals surface area (Å²) in [5, 5.41) is 2.73. The highest BCUT2D eigenvalue weighted by molar-refractivity contribution is 5.86. The number of rotatable bonds is 5. The molecule has 0 fully saturated rings. The van der Waals surface area contributed by atoms with Crippen molar-refractivity contribution in [3.05, 3.63) is 0 Å². The molecule has 0 aliphatic rings. The molecule has 0 aromatic heterocycles. The molecule has 0 aliphatic heterocycles. The molecule has 0 aromatic rings. The van der Waals surface area contributed by atoms with E-state index in [9.17, 15) is 9.59 Å². The van der Waals surface area contributed by atoms with Gasteiger partial charge < -0.3 is 16.0 Å². The van der Waals surface area contributed by atoms with Gasteiger partial charge in [-0.25, -0.2) is 0 Å². The van der Waals surface area contributed by atoms with E-state index in [-0.39, 0.29) is 18.4 Å². The molecule has 88 valence electrons. The highest BCUT2D eigenvalue weighted by Gasteiger charge is 2.15. The van der Waals surface area contributed by atoms with Crippen molar-refractivity contribution in [3.8, 4) is 0 Å². The average Bonchev–Trinajstić information content (AvgIpc) is 2.13. The SMILES string of the molecule is CC(C)CNC(=O)CN(C)C(=O)[C@H](C)N. The number of likely N-dealkylation sites (N-methyl/N-ethyl adjacent to an activating group) is 1. The van der Waals surface area contributed by atoms with E-state index in [1.165, 1.54) is 4.90 Å². The number of nitrogens with zero attached hydrogens (tertiary/aromatic N) is 1. The first-order chi connectivity index (χ1) is 6.84. The lowest BCUT2D eigenvalue weighted by molar-refractivity contribution is -0.135. The van der Waals surface area contributed by atoms with Crippen LogP contribution in [0.25, 0.3) is 0 Å². The van der Waals surface area contributed by atoms with Gasteiger partial charge >= 0.3 is 0 Å². The molecule has 1 atom stereocenters. The third-order valence-corrected chi connectivity index (χ3v) is 1.85. The van der Waals surface area contributed by atoms with Crippen LogP contribution < -0.4 is 11.1 Å². The van der Waals surface area contributed by atoms with Crippen LogP contribution in [0.1, 0.15) is 20.8 Å². The van der Waals surface area contributed by atoms with Gasteiger partial charge in [0.25, 0.3) is 0 Å². The predicted molar refractivity (Wildman–Crippen MR) is 59.1 cm³/mol. The molecule has 0 unspecified atom stereocenters.